The normalized spacial score (nSPS) is 10.8. The second-order valence-electron chi connectivity index (χ2n) is 5.70. The monoisotopic (exact) mass is 379 g/mol. The van der Waals surface area contributed by atoms with Crippen LogP contribution in [-0.2, 0) is 11.3 Å². The summed E-state index contributed by atoms with van der Waals surface area (Å²) in [6, 6.07) is 15.9. The number of carbonyl (C=O) groups excluding carboxylic acids is 1. The van der Waals surface area contributed by atoms with Crippen molar-refractivity contribution in [3.05, 3.63) is 75.3 Å². The van der Waals surface area contributed by atoms with Gasteiger partial charge in [0.2, 0.25) is 11.0 Å². The van der Waals surface area contributed by atoms with Crippen molar-refractivity contribution in [2.24, 2.45) is 0 Å². The van der Waals surface area contributed by atoms with Gasteiger partial charge in [0.05, 0.1) is 10.8 Å². The van der Waals surface area contributed by atoms with Gasteiger partial charge in [0.25, 0.3) is 11.1 Å². The van der Waals surface area contributed by atoms with Crippen LogP contribution in [0.15, 0.2) is 64.2 Å². The zero-order valence-corrected chi connectivity index (χ0v) is 14.7. The summed E-state index contributed by atoms with van der Waals surface area (Å²) in [6.07, 6.45) is 0. The summed E-state index contributed by atoms with van der Waals surface area (Å²) in [7, 11) is 0. The van der Waals surface area contributed by atoms with E-state index in [-0.39, 0.29) is 17.3 Å². The van der Waals surface area contributed by atoms with Gasteiger partial charge in [0.1, 0.15) is 11.6 Å². The molecule has 27 heavy (non-hydrogen) atoms. The molecule has 0 aliphatic rings. The Hall–Kier alpha value is -3.59. The smallest absolute Gasteiger partial charge is 0.273 e. The lowest BCUT2D eigenvalue weighted by Crippen LogP contribution is -2.34. The minimum absolute atomic E-state index is 0.260. The number of fused-ring (bicyclic) bond motifs is 1. The van der Waals surface area contributed by atoms with Gasteiger partial charge in [-0.25, -0.2) is 4.68 Å². The highest BCUT2D eigenvalue weighted by Crippen LogP contribution is 2.25. The highest BCUT2D eigenvalue weighted by Gasteiger charge is 2.13. The molecule has 0 aliphatic carbocycles. The van der Waals surface area contributed by atoms with Crippen LogP contribution in [0.5, 0.6) is 0 Å². The Kier molecular flexibility index (Phi) is 4.35. The third kappa shape index (κ3) is 3.40. The summed E-state index contributed by atoms with van der Waals surface area (Å²) in [5.74, 6) is -0.487. The summed E-state index contributed by atoms with van der Waals surface area (Å²) in [5.41, 5.74) is 0.0217. The number of anilines is 1. The van der Waals surface area contributed by atoms with E-state index in [1.165, 1.54) is 11.3 Å². The lowest BCUT2D eigenvalue weighted by Gasteiger charge is -2.06. The lowest BCUT2D eigenvalue weighted by molar-refractivity contribution is -0.117. The van der Waals surface area contributed by atoms with Crippen LogP contribution in [-0.4, -0.2) is 25.9 Å². The lowest BCUT2D eigenvalue weighted by atomic mass is 10.2. The number of H-pyrrole nitrogens is 1. The average Bonchev–Trinajstić information content (AvgIpc) is 3.15. The van der Waals surface area contributed by atoms with Crippen LogP contribution in [0.2, 0.25) is 0 Å². The van der Waals surface area contributed by atoms with E-state index in [1.54, 1.807) is 24.3 Å². The van der Waals surface area contributed by atoms with Crippen LogP contribution >= 0.6 is 11.3 Å². The molecule has 9 heteroatoms. The Morgan fingerprint density at radius 3 is 2.48 bits per heavy atom. The minimum atomic E-state index is -0.487. The Morgan fingerprint density at radius 2 is 1.70 bits per heavy atom. The molecular weight excluding hydrogens is 366 g/mol. The molecule has 2 heterocycles. The third-order valence-corrected chi connectivity index (χ3v) is 4.77. The van der Waals surface area contributed by atoms with Crippen LogP contribution in [0, 0.1) is 0 Å². The first-order chi connectivity index (χ1) is 13.1. The fourth-order valence-corrected chi connectivity index (χ4v) is 3.40. The van der Waals surface area contributed by atoms with Crippen LogP contribution in [0.1, 0.15) is 0 Å². The molecule has 0 saturated carbocycles. The first kappa shape index (κ1) is 16.9. The topological polar surface area (TPSA) is 110 Å². The number of amides is 1. The molecule has 1 amide bonds. The number of nitrogens with one attached hydrogen (secondary N) is 2. The van der Waals surface area contributed by atoms with Crippen LogP contribution in [0.25, 0.3) is 21.3 Å². The molecule has 0 fully saturated rings. The standard InChI is InChI=1S/C18H13N5O3S/c24-14(19-18-21-20-16(27-18)11-6-2-1-3-7-11)10-23-17(26)13-9-5-4-8-12(13)15(25)22-23/h1-9H,10H2,(H,22,25)(H,19,21,24). The SMILES string of the molecule is O=C(Cn1[nH]c(=O)c2ccccc2c1=O)Nc1nnc(-c2ccccc2)s1. The Balaban J connectivity index is 1.55. The molecular formula is C18H13N5O3S. The number of hydrogen-bond donors (Lipinski definition) is 2. The van der Waals surface area contributed by atoms with Gasteiger partial charge < -0.3 is 0 Å². The van der Waals surface area contributed by atoms with E-state index >= 15 is 0 Å². The maximum atomic E-state index is 12.4. The summed E-state index contributed by atoms with van der Waals surface area (Å²) in [4.78, 5) is 36.8. The zero-order valence-electron chi connectivity index (χ0n) is 13.9. The van der Waals surface area contributed by atoms with Gasteiger partial charge in [-0.3, -0.25) is 24.8 Å². The maximum absolute atomic E-state index is 12.4. The van der Waals surface area contributed by atoms with Crippen molar-refractivity contribution in [2.75, 3.05) is 5.32 Å². The van der Waals surface area contributed by atoms with Crippen molar-refractivity contribution in [3.8, 4) is 10.6 Å². The van der Waals surface area contributed by atoms with E-state index in [1.807, 2.05) is 30.3 Å². The predicted octanol–water partition coefficient (Wildman–Crippen LogP) is 1.85. The van der Waals surface area contributed by atoms with Crippen LogP contribution < -0.4 is 16.4 Å². The summed E-state index contributed by atoms with van der Waals surface area (Å²) in [5, 5.41) is 14.5. The number of hydrogen-bond acceptors (Lipinski definition) is 6. The van der Waals surface area contributed by atoms with E-state index in [4.69, 9.17) is 0 Å². The fourth-order valence-electron chi connectivity index (χ4n) is 2.63. The van der Waals surface area contributed by atoms with Crippen molar-refractivity contribution < 1.29 is 4.79 Å². The number of aromatic nitrogens is 4. The molecule has 0 spiro atoms. The van der Waals surface area contributed by atoms with E-state index in [0.29, 0.717) is 10.1 Å². The van der Waals surface area contributed by atoms with Gasteiger partial charge in [-0.1, -0.05) is 53.8 Å². The van der Waals surface area contributed by atoms with Crippen LogP contribution in [0.4, 0.5) is 5.13 Å². The van der Waals surface area contributed by atoms with E-state index in [0.717, 1.165) is 10.2 Å². The van der Waals surface area contributed by atoms with Crippen LogP contribution in [0.3, 0.4) is 0 Å². The van der Waals surface area contributed by atoms with Crippen molar-refractivity contribution in [3.63, 3.8) is 0 Å². The Morgan fingerprint density at radius 1 is 1.00 bits per heavy atom. The van der Waals surface area contributed by atoms with Crippen molar-refractivity contribution in [1.29, 1.82) is 0 Å². The Bertz CT molecular complexity index is 1240. The molecule has 0 radical (unpaired) electrons. The predicted molar refractivity (Wildman–Crippen MR) is 103 cm³/mol. The molecule has 2 aromatic heterocycles. The molecule has 8 nitrogen and oxygen atoms in total. The molecule has 134 valence electrons. The van der Waals surface area contributed by atoms with Crippen molar-refractivity contribution >= 4 is 33.1 Å². The minimum Gasteiger partial charge on any atom is -0.299 e. The quantitative estimate of drug-likeness (QED) is 0.562. The first-order valence-electron chi connectivity index (χ1n) is 8.02. The summed E-state index contributed by atoms with van der Waals surface area (Å²) < 4.78 is 0.985. The highest BCUT2D eigenvalue weighted by atomic mass is 32.1. The van der Waals surface area contributed by atoms with E-state index in [2.05, 4.69) is 20.6 Å². The number of benzene rings is 2. The average molecular weight is 379 g/mol. The molecule has 0 bridgehead atoms. The van der Waals surface area contributed by atoms with E-state index in [9.17, 15) is 14.4 Å². The molecule has 0 saturated heterocycles. The zero-order chi connectivity index (χ0) is 18.8. The largest absolute Gasteiger partial charge is 0.299 e. The van der Waals surface area contributed by atoms with Crippen molar-refractivity contribution in [1.82, 2.24) is 20.0 Å². The summed E-state index contributed by atoms with van der Waals surface area (Å²) >= 11 is 1.22. The molecule has 0 unspecified atom stereocenters. The molecule has 4 aromatic rings. The molecule has 4 rings (SSSR count). The van der Waals surface area contributed by atoms with Gasteiger partial charge in [0, 0.05) is 5.56 Å². The molecule has 0 aliphatic heterocycles. The fraction of sp³-hybridized carbons (Fsp3) is 0.0556. The molecule has 0 atom stereocenters. The van der Waals surface area contributed by atoms with Gasteiger partial charge in [-0.15, -0.1) is 10.2 Å². The molecule has 2 aromatic carbocycles. The number of aromatic amines is 1. The highest BCUT2D eigenvalue weighted by molar-refractivity contribution is 7.18. The van der Waals surface area contributed by atoms with Gasteiger partial charge in [-0.05, 0) is 12.1 Å². The van der Waals surface area contributed by atoms with Gasteiger partial charge in [0.15, 0.2) is 0 Å². The number of rotatable bonds is 4. The maximum Gasteiger partial charge on any atom is 0.273 e. The number of nitrogens with zero attached hydrogens (tertiary/aromatic N) is 3. The number of carbonyl (C=O) groups is 1. The first-order valence-corrected chi connectivity index (χ1v) is 8.84. The third-order valence-electron chi connectivity index (χ3n) is 3.88. The molecule has 2 N–H and O–H groups in total. The van der Waals surface area contributed by atoms with E-state index < -0.39 is 17.0 Å². The Labute approximate surface area is 156 Å². The van der Waals surface area contributed by atoms with Gasteiger partial charge in [-0.2, -0.15) is 0 Å². The summed E-state index contributed by atoms with van der Waals surface area (Å²) in [6.45, 7) is -0.334. The second kappa shape index (κ2) is 6.96. The van der Waals surface area contributed by atoms with Crippen molar-refractivity contribution in [2.45, 2.75) is 6.54 Å². The van der Waals surface area contributed by atoms with Gasteiger partial charge >= 0.3 is 0 Å². The second-order valence-corrected chi connectivity index (χ2v) is 6.68.